The van der Waals surface area contributed by atoms with Crippen LogP contribution in [0.1, 0.15) is 25.3 Å². The second-order valence-electron chi connectivity index (χ2n) is 6.85. The van der Waals surface area contributed by atoms with Crippen molar-refractivity contribution in [3.8, 4) is 0 Å². The number of rotatable bonds is 6. The number of benzene rings is 1. The van der Waals surface area contributed by atoms with E-state index in [1.54, 1.807) is 31.3 Å². The van der Waals surface area contributed by atoms with E-state index in [9.17, 15) is 13.2 Å². The number of carbonyl (C=O) groups excluding carboxylic acids is 1. The number of likely N-dealkylation sites (tertiary alicyclic amines) is 1. The van der Waals surface area contributed by atoms with Crippen molar-refractivity contribution in [2.75, 3.05) is 40.8 Å². The molecular weight excluding hydrogens is 380 g/mol. The molecule has 0 atom stereocenters. The van der Waals surface area contributed by atoms with Gasteiger partial charge < -0.3 is 15.0 Å². The molecule has 1 heterocycles. The van der Waals surface area contributed by atoms with Gasteiger partial charge in [-0.15, -0.1) is 0 Å². The summed E-state index contributed by atoms with van der Waals surface area (Å²) in [5, 5.41) is 3.31. The highest BCUT2D eigenvalue weighted by atomic mass is 32.2. The van der Waals surface area contributed by atoms with Gasteiger partial charge in [0.25, 0.3) is 0 Å². The molecule has 1 aromatic carbocycles. The van der Waals surface area contributed by atoms with Crippen LogP contribution in [0.4, 0.5) is 0 Å². The highest BCUT2D eigenvalue weighted by Crippen LogP contribution is 2.19. The number of hydrogen-bond acceptors (Lipinski definition) is 5. The van der Waals surface area contributed by atoms with Crippen molar-refractivity contribution >= 4 is 22.0 Å². The Labute approximate surface area is 167 Å². The van der Waals surface area contributed by atoms with Gasteiger partial charge in [0.05, 0.1) is 17.4 Å². The van der Waals surface area contributed by atoms with Crippen LogP contribution in [0.25, 0.3) is 0 Å². The molecule has 1 N–H and O–H groups in total. The lowest BCUT2D eigenvalue weighted by Gasteiger charge is -2.33. The number of esters is 1. The first-order chi connectivity index (χ1) is 13.3. The molecule has 28 heavy (non-hydrogen) atoms. The van der Waals surface area contributed by atoms with E-state index in [0.717, 1.165) is 37.5 Å². The quantitative estimate of drug-likeness (QED) is 0.432. The maximum absolute atomic E-state index is 12.1. The summed E-state index contributed by atoms with van der Waals surface area (Å²) in [6, 6.07) is 6.81. The van der Waals surface area contributed by atoms with Gasteiger partial charge in [0, 0.05) is 40.8 Å². The Morgan fingerprint density at radius 1 is 1.25 bits per heavy atom. The molecule has 0 aromatic heterocycles. The summed E-state index contributed by atoms with van der Waals surface area (Å²) >= 11 is 0. The zero-order valence-corrected chi connectivity index (χ0v) is 17.8. The topological polar surface area (TPSA) is 91.3 Å². The van der Waals surface area contributed by atoms with Crippen LogP contribution in [0.15, 0.2) is 34.2 Å². The summed E-state index contributed by atoms with van der Waals surface area (Å²) in [7, 11) is 1.34. The highest BCUT2D eigenvalue weighted by Gasteiger charge is 2.27. The number of piperidine rings is 1. The smallest absolute Gasteiger partial charge is 0.309 e. The Bertz CT molecular complexity index is 783. The summed E-state index contributed by atoms with van der Waals surface area (Å²) in [4.78, 5) is 18.6. The molecule has 0 bridgehead atoms. The van der Waals surface area contributed by atoms with Gasteiger partial charge in [-0.3, -0.25) is 9.79 Å². The van der Waals surface area contributed by atoms with E-state index in [1.807, 2.05) is 6.92 Å². The van der Waals surface area contributed by atoms with Crippen LogP contribution in [0.5, 0.6) is 0 Å². The molecule has 1 aliphatic rings. The summed E-state index contributed by atoms with van der Waals surface area (Å²) < 4.78 is 30.6. The van der Waals surface area contributed by atoms with Crippen molar-refractivity contribution in [3.63, 3.8) is 0 Å². The minimum Gasteiger partial charge on any atom is -0.466 e. The van der Waals surface area contributed by atoms with Crippen LogP contribution in [-0.4, -0.2) is 70.4 Å². The first-order valence-corrected chi connectivity index (χ1v) is 10.9. The van der Waals surface area contributed by atoms with E-state index in [4.69, 9.17) is 4.74 Å². The first-order valence-electron chi connectivity index (χ1n) is 9.43. The van der Waals surface area contributed by atoms with Gasteiger partial charge in [-0.1, -0.05) is 12.1 Å². The maximum atomic E-state index is 12.1. The standard InChI is InChI=1S/C19H30N4O4S/c1-5-27-18(24)16-10-12-23(13-11-16)19(20-2)21-14-15-6-8-17(9-7-15)28(25,26)22(3)4/h6-9,16H,5,10-14H2,1-4H3,(H,20,21). The Morgan fingerprint density at radius 3 is 2.36 bits per heavy atom. The number of carbonyl (C=O) groups is 1. The summed E-state index contributed by atoms with van der Waals surface area (Å²) in [5.41, 5.74) is 0.959. The lowest BCUT2D eigenvalue weighted by atomic mass is 9.97. The van der Waals surface area contributed by atoms with Gasteiger partial charge >= 0.3 is 5.97 Å². The van der Waals surface area contributed by atoms with Crippen molar-refractivity contribution in [2.45, 2.75) is 31.2 Å². The predicted octanol–water partition coefficient (Wildman–Crippen LogP) is 1.29. The molecule has 0 saturated carbocycles. The van der Waals surface area contributed by atoms with E-state index >= 15 is 0 Å². The third kappa shape index (κ3) is 5.45. The van der Waals surface area contributed by atoms with Crippen molar-refractivity contribution in [3.05, 3.63) is 29.8 Å². The molecule has 0 amide bonds. The maximum Gasteiger partial charge on any atom is 0.309 e. The Balaban J connectivity index is 1.90. The van der Waals surface area contributed by atoms with Crippen molar-refractivity contribution in [1.29, 1.82) is 0 Å². The zero-order chi connectivity index (χ0) is 20.7. The Morgan fingerprint density at radius 2 is 1.86 bits per heavy atom. The number of hydrogen-bond donors (Lipinski definition) is 1. The van der Waals surface area contributed by atoms with Gasteiger partial charge in [-0.2, -0.15) is 0 Å². The average molecular weight is 411 g/mol. The molecule has 2 rings (SSSR count). The van der Waals surface area contributed by atoms with Crippen molar-refractivity contribution < 1.29 is 17.9 Å². The fraction of sp³-hybridized carbons (Fsp3) is 0.579. The van der Waals surface area contributed by atoms with Gasteiger partial charge in [0.15, 0.2) is 5.96 Å². The number of aliphatic imine (C=N–C) groups is 1. The molecule has 156 valence electrons. The third-order valence-corrected chi connectivity index (χ3v) is 6.61. The van der Waals surface area contributed by atoms with Gasteiger partial charge in [-0.25, -0.2) is 12.7 Å². The van der Waals surface area contributed by atoms with Crippen LogP contribution >= 0.6 is 0 Å². The minimum absolute atomic E-state index is 0.0412. The van der Waals surface area contributed by atoms with E-state index in [-0.39, 0.29) is 16.8 Å². The van der Waals surface area contributed by atoms with Gasteiger partial charge in [0.2, 0.25) is 10.0 Å². The van der Waals surface area contributed by atoms with Crippen molar-refractivity contribution in [2.24, 2.45) is 10.9 Å². The summed E-state index contributed by atoms with van der Waals surface area (Å²) in [6.07, 6.45) is 1.49. The summed E-state index contributed by atoms with van der Waals surface area (Å²) in [6.45, 7) is 4.25. The number of ether oxygens (including phenoxy) is 1. The van der Waals surface area contributed by atoms with Crippen LogP contribution in [-0.2, 0) is 26.1 Å². The normalized spacial score (nSPS) is 16.3. The largest absolute Gasteiger partial charge is 0.466 e. The van der Waals surface area contributed by atoms with Crippen molar-refractivity contribution in [1.82, 2.24) is 14.5 Å². The molecule has 8 nitrogen and oxygen atoms in total. The van der Waals surface area contributed by atoms with Gasteiger partial charge in [0.1, 0.15) is 0 Å². The monoisotopic (exact) mass is 410 g/mol. The Kier molecular flexibility index (Phi) is 7.82. The van der Waals surface area contributed by atoms with E-state index in [0.29, 0.717) is 13.2 Å². The molecule has 0 spiro atoms. The van der Waals surface area contributed by atoms with E-state index < -0.39 is 10.0 Å². The number of nitrogens with zero attached hydrogens (tertiary/aromatic N) is 3. The molecular formula is C19H30N4O4S. The molecule has 1 aliphatic heterocycles. The minimum atomic E-state index is -3.42. The SMILES string of the molecule is CCOC(=O)C1CCN(C(=NC)NCc2ccc(S(=O)(=O)N(C)C)cc2)CC1. The molecule has 9 heteroatoms. The number of nitrogens with one attached hydrogen (secondary N) is 1. The predicted molar refractivity (Wildman–Crippen MR) is 108 cm³/mol. The molecule has 0 unspecified atom stereocenters. The average Bonchev–Trinajstić information content (AvgIpc) is 2.69. The Hall–Kier alpha value is -2.13. The lowest BCUT2D eigenvalue weighted by Crippen LogP contribution is -2.46. The van der Waals surface area contributed by atoms with Gasteiger partial charge in [-0.05, 0) is 37.5 Å². The molecule has 0 aliphatic carbocycles. The van der Waals surface area contributed by atoms with E-state index in [2.05, 4.69) is 15.2 Å². The molecule has 1 aromatic rings. The second-order valence-corrected chi connectivity index (χ2v) is 9.00. The fourth-order valence-corrected chi connectivity index (χ4v) is 3.99. The zero-order valence-electron chi connectivity index (χ0n) is 17.0. The number of guanidine groups is 1. The first kappa shape index (κ1) is 22.2. The van der Waals surface area contributed by atoms with Crippen LogP contribution in [0.2, 0.25) is 0 Å². The lowest BCUT2D eigenvalue weighted by molar-refractivity contribution is -0.149. The van der Waals surface area contributed by atoms with Crippen LogP contribution < -0.4 is 5.32 Å². The molecule has 0 radical (unpaired) electrons. The highest BCUT2D eigenvalue weighted by molar-refractivity contribution is 7.89. The third-order valence-electron chi connectivity index (χ3n) is 4.78. The summed E-state index contributed by atoms with van der Waals surface area (Å²) in [5.74, 6) is 0.616. The van der Waals surface area contributed by atoms with Crippen LogP contribution in [0.3, 0.4) is 0 Å². The van der Waals surface area contributed by atoms with Crippen LogP contribution in [0, 0.1) is 5.92 Å². The number of sulfonamides is 1. The second kappa shape index (κ2) is 9.88. The fourth-order valence-electron chi connectivity index (χ4n) is 3.09. The molecule has 1 saturated heterocycles. The molecule has 1 fully saturated rings. The van der Waals surface area contributed by atoms with E-state index in [1.165, 1.54) is 18.4 Å².